The predicted molar refractivity (Wildman–Crippen MR) is 63.7 cm³/mol. The summed E-state index contributed by atoms with van der Waals surface area (Å²) in [6.45, 7) is 1.46. The highest BCUT2D eigenvalue weighted by Gasteiger charge is 2.13. The Balaban J connectivity index is 2.37. The molecule has 0 aliphatic rings. The number of rotatable bonds is 5. The molecule has 0 radical (unpaired) electrons. The highest BCUT2D eigenvalue weighted by atomic mass is 19.1. The lowest BCUT2D eigenvalue weighted by Crippen LogP contribution is -2.44. The molecule has 1 rings (SSSR count). The minimum Gasteiger partial charge on any atom is -0.480 e. The molecule has 0 spiro atoms. The van der Waals surface area contributed by atoms with Gasteiger partial charge in [0.25, 0.3) is 0 Å². The first kappa shape index (κ1) is 14.9. The first-order valence-electron chi connectivity index (χ1n) is 5.60. The third kappa shape index (κ3) is 5.33. The van der Waals surface area contributed by atoms with Crippen LogP contribution in [0.2, 0.25) is 0 Å². The quantitative estimate of drug-likeness (QED) is 0.755. The van der Waals surface area contributed by atoms with Crippen LogP contribution in [0.4, 0.5) is 13.6 Å². The smallest absolute Gasteiger partial charge is 0.325 e. The molecule has 0 heterocycles. The zero-order valence-electron chi connectivity index (χ0n) is 10.2. The molecule has 0 saturated heterocycles. The van der Waals surface area contributed by atoms with Crippen LogP contribution in [-0.2, 0) is 11.2 Å². The van der Waals surface area contributed by atoms with Gasteiger partial charge >= 0.3 is 12.0 Å². The van der Waals surface area contributed by atoms with E-state index in [1.165, 1.54) is 19.1 Å². The monoisotopic (exact) mass is 272 g/mol. The first-order chi connectivity index (χ1) is 8.88. The van der Waals surface area contributed by atoms with E-state index in [2.05, 4.69) is 10.6 Å². The predicted octanol–water partition coefficient (Wildman–Crippen LogP) is 1.28. The molecule has 0 unspecified atom stereocenters. The van der Waals surface area contributed by atoms with E-state index >= 15 is 0 Å². The summed E-state index contributed by atoms with van der Waals surface area (Å²) < 4.78 is 25.7. The van der Waals surface area contributed by atoms with Crippen molar-refractivity contribution in [1.82, 2.24) is 10.6 Å². The zero-order chi connectivity index (χ0) is 14.4. The SMILES string of the molecule is C[C@@H](NC(=O)NCCc1cc(F)cc(F)c1)C(=O)O. The molecule has 1 atom stereocenters. The topological polar surface area (TPSA) is 78.4 Å². The van der Waals surface area contributed by atoms with Crippen molar-refractivity contribution in [3.8, 4) is 0 Å². The van der Waals surface area contributed by atoms with Crippen LogP contribution >= 0.6 is 0 Å². The molecule has 2 amide bonds. The Labute approximate surface area is 108 Å². The lowest BCUT2D eigenvalue weighted by atomic mass is 10.1. The number of halogens is 2. The van der Waals surface area contributed by atoms with Crippen LogP contribution in [0.1, 0.15) is 12.5 Å². The van der Waals surface area contributed by atoms with Crippen molar-refractivity contribution >= 4 is 12.0 Å². The number of urea groups is 1. The van der Waals surface area contributed by atoms with Crippen molar-refractivity contribution in [3.63, 3.8) is 0 Å². The van der Waals surface area contributed by atoms with Crippen LogP contribution in [0.5, 0.6) is 0 Å². The van der Waals surface area contributed by atoms with Crippen LogP contribution in [0.15, 0.2) is 18.2 Å². The van der Waals surface area contributed by atoms with Gasteiger partial charge in [0.1, 0.15) is 17.7 Å². The second-order valence-corrected chi connectivity index (χ2v) is 3.99. The van der Waals surface area contributed by atoms with Gasteiger partial charge in [-0.3, -0.25) is 4.79 Å². The van der Waals surface area contributed by atoms with Gasteiger partial charge in [0.15, 0.2) is 0 Å². The molecule has 0 fully saturated rings. The van der Waals surface area contributed by atoms with Gasteiger partial charge in [0, 0.05) is 12.6 Å². The lowest BCUT2D eigenvalue weighted by molar-refractivity contribution is -0.138. The van der Waals surface area contributed by atoms with Crippen molar-refractivity contribution < 1.29 is 23.5 Å². The Morgan fingerprint density at radius 1 is 1.26 bits per heavy atom. The summed E-state index contributed by atoms with van der Waals surface area (Å²) in [5.41, 5.74) is 0.407. The molecule has 1 aromatic carbocycles. The van der Waals surface area contributed by atoms with Crippen LogP contribution in [0.3, 0.4) is 0 Å². The first-order valence-corrected chi connectivity index (χ1v) is 5.60. The summed E-state index contributed by atoms with van der Waals surface area (Å²) in [7, 11) is 0. The molecular weight excluding hydrogens is 258 g/mol. The lowest BCUT2D eigenvalue weighted by Gasteiger charge is -2.10. The molecule has 3 N–H and O–H groups in total. The second kappa shape index (κ2) is 6.67. The summed E-state index contributed by atoms with van der Waals surface area (Å²) in [5.74, 6) is -2.51. The van der Waals surface area contributed by atoms with Gasteiger partial charge in [-0.15, -0.1) is 0 Å². The van der Waals surface area contributed by atoms with Gasteiger partial charge in [-0.1, -0.05) is 0 Å². The average Bonchev–Trinajstić information content (AvgIpc) is 2.27. The Kier molecular flexibility index (Phi) is 5.23. The number of carbonyl (C=O) groups excluding carboxylic acids is 1. The fourth-order valence-electron chi connectivity index (χ4n) is 1.39. The number of carboxylic acid groups (broad SMARTS) is 1. The molecule has 104 valence electrons. The molecule has 0 aromatic heterocycles. The largest absolute Gasteiger partial charge is 0.480 e. The number of benzene rings is 1. The van der Waals surface area contributed by atoms with Gasteiger partial charge in [-0.25, -0.2) is 13.6 Å². The molecule has 0 aliphatic heterocycles. The minimum absolute atomic E-state index is 0.140. The Morgan fingerprint density at radius 3 is 2.37 bits per heavy atom. The van der Waals surface area contributed by atoms with E-state index in [-0.39, 0.29) is 13.0 Å². The summed E-state index contributed by atoms with van der Waals surface area (Å²) in [4.78, 5) is 21.7. The van der Waals surface area contributed by atoms with E-state index in [0.29, 0.717) is 5.56 Å². The van der Waals surface area contributed by atoms with Gasteiger partial charge in [-0.05, 0) is 31.0 Å². The van der Waals surface area contributed by atoms with Crippen LogP contribution in [0.25, 0.3) is 0 Å². The third-order valence-corrected chi connectivity index (χ3v) is 2.34. The summed E-state index contributed by atoms with van der Waals surface area (Å²) in [6, 6.07) is 1.45. The highest BCUT2D eigenvalue weighted by Crippen LogP contribution is 2.07. The number of amides is 2. The van der Waals surface area contributed by atoms with E-state index in [9.17, 15) is 18.4 Å². The zero-order valence-corrected chi connectivity index (χ0v) is 10.2. The van der Waals surface area contributed by atoms with E-state index in [1.54, 1.807) is 0 Å². The maximum absolute atomic E-state index is 12.9. The summed E-state index contributed by atoms with van der Waals surface area (Å²) in [6.07, 6.45) is 0.240. The standard InChI is InChI=1S/C12H14F2N2O3/c1-7(11(17)18)16-12(19)15-3-2-8-4-9(13)6-10(14)5-8/h4-7H,2-3H2,1H3,(H,17,18)(H2,15,16,19)/t7-/m1/s1. The number of aliphatic carboxylic acids is 1. The van der Waals surface area contributed by atoms with Gasteiger partial charge in [-0.2, -0.15) is 0 Å². The molecule has 1 aromatic rings. The molecule has 0 saturated carbocycles. The van der Waals surface area contributed by atoms with Gasteiger partial charge in [0.2, 0.25) is 0 Å². The minimum atomic E-state index is -1.15. The fourth-order valence-corrected chi connectivity index (χ4v) is 1.39. The molecule has 5 nitrogen and oxygen atoms in total. The molecule has 0 aliphatic carbocycles. The number of carbonyl (C=O) groups is 2. The number of hydrogen-bond donors (Lipinski definition) is 3. The van der Waals surface area contributed by atoms with E-state index < -0.39 is 29.7 Å². The Morgan fingerprint density at radius 2 is 1.84 bits per heavy atom. The van der Waals surface area contributed by atoms with Crippen LogP contribution in [0, 0.1) is 11.6 Å². The summed E-state index contributed by atoms with van der Waals surface area (Å²) in [5, 5.41) is 13.2. The Bertz CT molecular complexity index is 460. The average molecular weight is 272 g/mol. The molecular formula is C12H14F2N2O3. The van der Waals surface area contributed by atoms with Gasteiger partial charge < -0.3 is 15.7 Å². The van der Waals surface area contributed by atoms with Crippen molar-refractivity contribution in [2.75, 3.05) is 6.54 Å². The summed E-state index contributed by atoms with van der Waals surface area (Å²) >= 11 is 0. The van der Waals surface area contributed by atoms with Crippen molar-refractivity contribution in [1.29, 1.82) is 0 Å². The molecule has 0 bridgehead atoms. The van der Waals surface area contributed by atoms with Crippen molar-refractivity contribution in [3.05, 3.63) is 35.4 Å². The number of carboxylic acids is 1. The molecule has 19 heavy (non-hydrogen) atoms. The van der Waals surface area contributed by atoms with Crippen LogP contribution in [-0.4, -0.2) is 29.7 Å². The van der Waals surface area contributed by atoms with Crippen molar-refractivity contribution in [2.45, 2.75) is 19.4 Å². The normalized spacial score (nSPS) is 11.7. The Hall–Kier alpha value is -2.18. The van der Waals surface area contributed by atoms with E-state index in [1.807, 2.05) is 0 Å². The number of hydrogen-bond acceptors (Lipinski definition) is 2. The van der Waals surface area contributed by atoms with Gasteiger partial charge in [0.05, 0.1) is 0 Å². The van der Waals surface area contributed by atoms with Crippen LogP contribution < -0.4 is 10.6 Å². The number of nitrogens with one attached hydrogen (secondary N) is 2. The van der Waals surface area contributed by atoms with E-state index in [4.69, 9.17) is 5.11 Å². The third-order valence-electron chi connectivity index (χ3n) is 2.34. The highest BCUT2D eigenvalue weighted by molar-refractivity contribution is 5.82. The fraction of sp³-hybridized carbons (Fsp3) is 0.333. The maximum atomic E-state index is 12.9. The maximum Gasteiger partial charge on any atom is 0.325 e. The van der Waals surface area contributed by atoms with E-state index in [0.717, 1.165) is 6.07 Å². The molecule has 7 heteroatoms. The second-order valence-electron chi connectivity index (χ2n) is 3.99. The van der Waals surface area contributed by atoms with Crippen molar-refractivity contribution in [2.24, 2.45) is 0 Å².